The first-order valence-corrected chi connectivity index (χ1v) is 18.2. The highest BCUT2D eigenvalue weighted by Crippen LogP contribution is 2.16. The number of aliphatic hydroxyl groups excluding tert-OH is 1. The zero-order valence-corrected chi connectivity index (χ0v) is 31.0. The highest BCUT2D eigenvalue weighted by molar-refractivity contribution is 5.93. The normalized spacial score (nSPS) is 20.1. The van der Waals surface area contributed by atoms with Gasteiger partial charge in [-0.3, -0.25) is 28.7 Å². The van der Waals surface area contributed by atoms with E-state index < -0.39 is 35.9 Å². The molecule has 51 heavy (non-hydrogen) atoms. The van der Waals surface area contributed by atoms with Crippen LogP contribution in [0.2, 0.25) is 0 Å². The molecule has 0 aliphatic carbocycles. The van der Waals surface area contributed by atoms with Gasteiger partial charge in [0.25, 0.3) is 11.8 Å². The van der Waals surface area contributed by atoms with Crippen molar-refractivity contribution >= 4 is 29.5 Å². The monoisotopic (exact) mass is 711 g/mol. The number of ether oxygens (including phenoxy) is 1. The molecule has 2 aromatic rings. The Morgan fingerprint density at radius 2 is 1.65 bits per heavy atom. The van der Waals surface area contributed by atoms with Crippen LogP contribution in [0.15, 0.2) is 30.3 Å². The third-order valence-corrected chi connectivity index (χ3v) is 8.39. The van der Waals surface area contributed by atoms with Gasteiger partial charge in [0.15, 0.2) is 6.61 Å². The summed E-state index contributed by atoms with van der Waals surface area (Å²) < 4.78 is 7.42. The van der Waals surface area contributed by atoms with Crippen molar-refractivity contribution in [3.8, 4) is 5.75 Å². The Balaban J connectivity index is 1.81. The first-order valence-electron chi connectivity index (χ1n) is 18.2. The van der Waals surface area contributed by atoms with E-state index in [1.165, 1.54) is 6.92 Å². The Labute approximate surface area is 301 Å². The number of aromatic nitrogens is 2. The van der Waals surface area contributed by atoms with Gasteiger partial charge in [-0.1, -0.05) is 39.8 Å². The largest absolute Gasteiger partial charge is 0.484 e. The topological polar surface area (TPSA) is 184 Å². The highest BCUT2D eigenvalue weighted by atomic mass is 16.5. The number of benzene rings is 1. The number of hydrogen-bond acceptors (Lipinski definition) is 8. The Morgan fingerprint density at radius 3 is 2.33 bits per heavy atom. The average Bonchev–Trinajstić information content (AvgIpc) is 3.47. The van der Waals surface area contributed by atoms with Crippen LogP contribution in [0.3, 0.4) is 0 Å². The van der Waals surface area contributed by atoms with E-state index in [1.54, 1.807) is 33.8 Å². The number of carbonyl (C=O) groups excluding carboxylic acids is 5. The van der Waals surface area contributed by atoms with Crippen LogP contribution >= 0.6 is 0 Å². The third kappa shape index (κ3) is 13.6. The molecule has 0 saturated carbocycles. The molecule has 0 spiro atoms. The fraction of sp³-hybridized carbons (Fsp3) is 0.622. The Kier molecular flexibility index (Phi) is 16.4. The van der Waals surface area contributed by atoms with E-state index in [0.717, 1.165) is 12.1 Å². The lowest BCUT2D eigenvalue weighted by Gasteiger charge is -2.26. The van der Waals surface area contributed by atoms with Crippen molar-refractivity contribution < 1.29 is 33.8 Å². The molecule has 2 heterocycles. The second kappa shape index (κ2) is 20.4. The van der Waals surface area contributed by atoms with Crippen LogP contribution in [0.5, 0.6) is 5.75 Å². The molecule has 282 valence electrons. The molecule has 14 nitrogen and oxygen atoms in total. The van der Waals surface area contributed by atoms with Crippen molar-refractivity contribution in [1.82, 2.24) is 35.9 Å². The zero-order valence-electron chi connectivity index (χ0n) is 31.0. The van der Waals surface area contributed by atoms with Crippen LogP contribution in [-0.4, -0.2) is 100 Å². The zero-order chi connectivity index (χ0) is 37.5. The minimum atomic E-state index is -1.23. The molecule has 3 atom stereocenters. The van der Waals surface area contributed by atoms with E-state index in [1.807, 2.05) is 26.8 Å². The van der Waals surface area contributed by atoms with Crippen molar-refractivity contribution in [2.45, 2.75) is 105 Å². The smallest absolute Gasteiger partial charge is 0.272 e. The fourth-order valence-corrected chi connectivity index (χ4v) is 5.86. The molecule has 0 unspecified atom stereocenters. The van der Waals surface area contributed by atoms with Gasteiger partial charge in [0.2, 0.25) is 17.7 Å². The molecule has 1 aromatic heterocycles. The highest BCUT2D eigenvalue weighted by Gasteiger charge is 2.30. The van der Waals surface area contributed by atoms with E-state index in [-0.39, 0.29) is 37.3 Å². The molecule has 1 aliphatic rings. The molecule has 0 fully saturated rings. The molecule has 0 saturated heterocycles. The predicted molar refractivity (Wildman–Crippen MR) is 193 cm³/mol. The number of nitrogens with one attached hydrogen (secondary N) is 4. The minimum absolute atomic E-state index is 0.0428. The van der Waals surface area contributed by atoms with E-state index in [2.05, 4.69) is 40.2 Å². The van der Waals surface area contributed by atoms with Crippen LogP contribution in [0.1, 0.15) is 89.0 Å². The van der Waals surface area contributed by atoms with Gasteiger partial charge in [0.1, 0.15) is 23.5 Å². The van der Waals surface area contributed by atoms with E-state index in [9.17, 15) is 29.1 Å². The van der Waals surface area contributed by atoms with Gasteiger partial charge in [-0.2, -0.15) is 5.10 Å². The van der Waals surface area contributed by atoms with Crippen LogP contribution in [-0.2, 0) is 38.6 Å². The van der Waals surface area contributed by atoms with Crippen molar-refractivity contribution in [3.05, 3.63) is 47.3 Å². The number of aryl methyl sites for hydroxylation is 1. The molecule has 2 bridgehead atoms. The van der Waals surface area contributed by atoms with Gasteiger partial charge in [-0.05, 0) is 81.5 Å². The lowest BCUT2D eigenvalue weighted by atomic mass is 10.0. The summed E-state index contributed by atoms with van der Waals surface area (Å²) in [6, 6.07) is 6.49. The molecule has 5 amide bonds. The first kappa shape index (κ1) is 41.0. The maximum Gasteiger partial charge on any atom is 0.272 e. The number of nitrogens with zero attached hydrogens (tertiary/aromatic N) is 3. The van der Waals surface area contributed by atoms with Crippen molar-refractivity contribution in [2.75, 3.05) is 32.8 Å². The average molecular weight is 712 g/mol. The number of carbonyl (C=O) groups is 5. The van der Waals surface area contributed by atoms with Crippen LogP contribution in [0.25, 0.3) is 0 Å². The van der Waals surface area contributed by atoms with Gasteiger partial charge in [-0.25, -0.2) is 0 Å². The second-order valence-electron chi connectivity index (χ2n) is 14.0. The molecular weight excluding hydrogens is 654 g/mol. The summed E-state index contributed by atoms with van der Waals surface area (Å²) in [4.78, 5) is 67.7. The van der Waals surface area contributed by atoms with Crippen molar-refractivity contribution in [1.29, 1.82) is 0 Å². The molecule has 14 heteroatoms. The Morgan fingerprint density at radius 1 is 0.922 bits per heavy atom. The van der Waals surface area contributed by atoms with Crippen LogP contribution < -0.4 is 26.0 Å². The van der Waals surface area contributed by atoms with E-state index in [4.69, 9.17) is 4.74 Å². The molecule has 0 radical (unpaired) electrons. The van der Waals surface area contributed by atoms with Crippen LogP contribution in [0, 0.1) is 11.8 Å². The predicted octanol–water partition coefficient (Wildman–Crippen LogP) is 1.98. The summed E-state index contributed by atoms with van der Waals surface area (Å²) in [5.74, 6) is -1.15. The summed E-state index contributed by atoms with van der Waals surface area (Å²) in [5, 5.41) is 26.1. The van der Waals surface area contributed by atoms with Gasteiger partial charge in [0, 0.05) is 32.7 Å². The molecule has 3 rings (SSSR count). The fourth-order valence-electron chi connectivity index (χ4n) is 5.86. The third-order valence-electron chi connectivity index (χ3n) is 8.39. The summed E-state index contributed by atoms with van der Waals surface area (Å²) >= 11 is 0. The number of hydrogen-bond donors (Lipinski definition) is 5. The van der Waals surface area contributed by atoms with Gasteiger partial charge in [-0.15, -0.1) is 0 Å². The van der Waals surface area contributed by atoms with Crippen LogP contribution in [0.4, 0.5) is 0 Å². The summed E-state index contributed by atoms with van der Waals surface area (Å²) in [6.07, 6.45) is 1.44. The maximum atomic E-state index is 13.8. The standard InChI is InChI=1S/C37H57N7O7/c1-7-44-31(22-28(42-44)18-24(2)3)37(50)43-16-9-8-14-39-36(49)34(26(6)45)41-35(48)30(19-25(4)5)40-32(46)21-27-12-10-13-29(20-27)51-23-33(47)38-15-11-17-43/h10,12-13,20,22,24-26,30,34,45H,7-9,11,14-19,21,23H2,1-6H3,(H,38,47)(H,39,49)(H,40,46)(H,41,48)/t26-,30-,34+/m1/s1. The Bertz CT molecular complexity index is 1470. The molecular formula is C37H57N7O7. The van der Waals surface area contributed by atoms with Gasteiger partial charge in [0.05, 0.1) is 18.2 Å². The lowest BCUT2D eigenvalue weighted by molar-refractivity contribution is -0.134. The van der Waals surface area contributed by atoms with E-state index in [0.29, 0.717) is 74.8 Å². The van der Waals surface area contributed by atoms with Crippen molar-refractivity contribution in [3.63, 3.8) is 0 Å². The number of amides is 5. The lowest BCUT2D eigenvalue weighted by Crippen LogP contribution is -2.57. The summed E-state index contributed by atoms with van der Waals surface area (Å²) in [5.41, 5.74) is 1.99. The summed E-state index contributed by atoms with van der Waals surface area (Å²) in [6.45, 7) is 13.1. The molecule has 1 aromatic carbocycles. The quantitative estimate of drug-likeness (QED) is 0.289. The SMILES string of the molecule is CCn1nc(CC(C)C)cc1C(=O)N1CCCCNC(=O)[C@H]([C@@H](C)O)NC(=O)[C@@H](CC(C)C)NC(=O)Cc2cccc(c2)OCC(=O)NCCC1. The number of fused-ring (bicyclic) bond motifs is 2. The van der Waals surface area contributed by atoms with Gasteiger partial charge >= 0.3 is 0 Å². The number of aliphatic hydroxyl groups is 1. The summed E-state index contributed by atoms with van der Waals surface area (Å²) in [7, 11) is 0. The van der Waals surface area contributed by atoms with Crippen molar-refractivity contribution in [2.24, 2.45) is 11.8 Å². The Hall–Kier alpha value is -4.46. The minimum Gasteiger partial charge on any atom is -0.484 e. The second-order valence-corrected chi connectivity index (χ2v) is 14.0. The maximum absolute atomic E-state index is 13.8. The first-order chi connectivity index (χ1) is 24.3. The molecule has 5 N–H and O–H groups in total. The molecule has 1 aliphatic heterocycles. The number of rotatable bonds is 7. The van der Waals surface area contributed by atoms with Gasteiger partial charge < -0.3 is 36.0 Å². The van der Waals surface area contributed by atoms with E-state index >= 15 is 0 Å².